The molecule has 2 aliphatic rings. The van der Waals surface area contributed by atoms with Crippen LogP contribution in [-0.4, -0.2) is 23.0 Å². The third kappa shape index (κ3) is 2.43. The van der Waals surface area contributed by atoms with Gasteiger partial charge in [-0.05, 0) is 31.2 Å². The summed E-state index contributed by atoms with van der Waals surface area (Å²) in [7, 11) is 0. The molecule has 0 unspecified atom stereocenters. The van der Waals surface area contributed by atoms with E-state index in [9.17, 15) is 14.4 Å². The topological polar surface area (TPSA) is 57.7 Å². The minimum absolute atomic E-state index is 0.184. The number of nitrogens with zero attached hydrogens (tertiary/aromatic N) is 2. The summed E-state index contributed by atoms with van der Waals surface area (Å²) in [6.45, 7) is 3.49. The van der Waals surface area contributed by atoms with Gasteiger partial charge in [-0.2, -0.15) is 0 Å². The number of anilines is 2. The lowest BCUT2D eigenvalue weighted by atomic mass is 10.0. The van der Waals surface area contributed by atoms with Gasteiger partial charge >= 0.3 is 0 Å². The highest BCUT2D eigenvalue weighted by atomic mass is 35.5. The average Bonchev–Trinajstić information content (AvgIpc) is 3.07. The van der Waals surface area contributed by atoms with Crippen LogP contribution in [0.1, 0.15) is 25.8 Å². The van der Waals surface area contributed by atoms with Gasteiger partial charge in [0.15, 0.2) is 0 Å². The summed E-state index contributed by atoms with van der Waals surface area (Å²) in [6.07, 6.45) is 0.196. The van der Waals surface area contributed by atoms with E-state index in [4.69, 9.17) is 11.6 Å². The smallest absolute Gasteiger partial charge is 0.275 e. The van der Waals surface area contributed by atoms with Gasteiger partial charge in [0.1, 0.15) is 0 Å². The summed E-state index contributed by atoms with van der Waals surface area (Å²) in [5.41, 5.74) is 1.73. The van der Waals surface area contributed by atoms with Gasteiger partial charge in [0.2, 0.25) is 16.7 Å². The highest BCUT2D eigenvalue weighted by molar-refractivity contribution is 8.03. The summed E-state index contributed by atoms with van der Waals surface area (Å²) in [5.74, 6) is -0.877. The van der Waals surface area contributed by atoms with E-state index in [0.717, 1.165) is 0 Å². The van der Waals surface area contributed by atoms with Crippen LogP contribution in [0.4, 0.5) is 11.4 Å². The Hall–Kier alpha value is -2.31. The maximum absolute atomic E-state index is 13.6. The van der Waals surface area contributed by atoms with E-state index in [1.807, 2.05) is 12.1 Å². The lowest BCUT2D eigenvalue weighted by molar-refractivity contribution is -0.128. The molecule has 0 bridgehead atoms. The second kappa shape index (κ2) is 6.39. The first-order valence-electron chi connectivity index (χ1n) is 8.66. The van der Waals surface area contributed by atoms with Crippen LogP contribution in [-0.2, 0) is 19.3 Å². The van der Waals surface area contributed by atoms with Crippen molar-refractivity contribution in [1.82, 2.24) is 0 Å². The van der Waals surface area contributed by atoms with Crippen LogP contribution in [0.2, 0.25) is 5.02 Å². The van der Waals surface area contributed by atoms with Crippen molar-refractivity contribution in [2.45, 2.75) is 30.4 Å². The molecule has 0 aliphatic carbocycles. The summed E-state index contributed by atoms with van der Waals surface area (Å²) in [5, 5.41) is 0.0397. The fourth-order valence-corrected chi connectivity index (χ4v) is 5.38. The first kappa shape index (κ1) is 18.1. The fraction of sp³-hybridized carbons (Fsp3) is 0.250. The standard InChI is InChI=1S/C20H17ClN2O3S/c1-3-17(24)22-16-10-5-4-9-15(16)20(19(22)26)23(18(25)12(2)27-20)14-8-6-7-13(21)11-14/h4-12H,3H2,1-2H3/t12-,20-/m1/s1. The highest BCUT2D eigenvalue weighted by Gasteiger charge is 2.64. The predicted molar refractivity (Wildman–Crippen MR) is 107 cm³/mol. The second-order valence-corrected chi connectivity index (χ2v) is 8.43. The maximum Gasteiger partial charge on any atom is 0.275 e. The molecule has 1 saturated heterocycles. The van der Waals surface area contributed by atoms with Crippen molar-refractivity contribution >= 4 is 52.5 Å². The number of amides is 3. The van der Waals surface area contributed by atoms with Crippen LogP contribution < -0.4 is 9.80 Å². The SMILES string of the molecule is CCC(=O)N1C(=O)[C@]2(S[C@H](C)C(=O)N2c2cccc(Cl)c2)c2ccccc21. The molecule has 2 atom stereocenters. The van der Waals surface area contributed by atoms with E-state index in [0.29, 0.717) is 22.0 Å². The quantitative estimate of drug-likeness (QED) is 0.766. The molecule has 0 saturated carbocycles. The molecule has 1 fully saturated rings. The van der Waals surface area contributed by atoms with E-state index < -0.39 is 16.0 Å². The first-order valence-corrected chi connectivity index (χ1v) is 9.92. The Kier molecular flexibility index (Phi) is 4.28. The van der Waals surface area contributed by atoms with Crippen LogP contribution in [0.25, 0.3) is 0 Å². The molecule has 138 valence electrons. The zero-order valence-electron chi connectivity index (χ0n) is 14.8. The number of rotatable bonds is 2. The highest BCUT2D eigenvalue weighted by Crippen LogP contribution is 2.57. The minimum atomic E-state index is -1.30. The lowest BCUT2D eigenvalue weighted by Gasteiger charge is -2.33. The molecule has 4 rings (SSSR count). The molecule has 0 aromatic heterocycles. The fourth-order valence-electron chi connectivity index (χ4n) is 3.69. The molecule has 0 radical (unpaired) electrons. The summed E-state index contributed by atoms with van der Waals surface area (Å²) in [6, 6.07) is 14.0. The number of fused-ring (bicyclic) bond motifs is 2. The number of hydrogen-bond donors (Lipinski definition) is 0. The van der Waals surface area contributed by atoms with Crippen LogP contribution in [0, 0.1) is 0 Å². The van der Waals surface area contributed by atoms with Gasteiger partial charge in [-0.15, -0.1) is 11.8 Å². The molecule has 2 aromatic carbocycles. The van der Waals surface area contributed by atoms with E-state index >= 15 is 0 Å². The summed E-state index contributed by atoms with van der Waals surface area (Å²) in [4.78, 5) is 40.7. The summed E-state index contributed by atoms with van der Waals surface area (Å²) < 4.78 is 0. The van der Waals surface area contributed by atoms with E-state index in [1.165, 1.54) is 21.6 Å². The minimum Gasteiger partial charge on any atom is -0.283 e. The van der Waals surface area contributed by atoms with Crippen molar-refractivity contribution in [2.75, 3.05) is 9.80 Å². The lowest BCUT2D eigenvalue weighted by Crippen LogP contribution is -2.51. The van der Waals surface area contributed by atoms with Gasteiger partial charge in [0, 0.05) is 22.7 Å². The van der Waals surface area contributed by atoms with Crippen molar-refractivity contribution in [3.63, 3.8) is 0 Å². The van der Waals surface area contributed by atoms with Gasteiger partial charge in [0.25, 0.3) is 5.91 Å². The monoisotopic (exact) mass is 400 g/mol. The Labute approximate surface area is 166 Å². The molecule has 2 aromatic rings. The van der Waals surface area contributed by atoms with Gasteiger partial charge in [-0.25, -0.2) is 4.90 Å². The molecule has 2 heterocycles. The van der Waals surface area contributed by atoms with Crippen LogP contribution in [0.5, 0.6) is 0 Å². The molecule has 2 aliphatic heterocycles. The Morgan fingerprint density at radius 3 is 2.63 bits per heavy atom. The van der Waals surface area contributed by atoms with Gasteiger partial charge in [-0.3, -0.25) is 19.3 Å². The van der Waals surface area contributed by atoms with E-state index in [2.05, 4.69) is 0 Å². The zero-order valence-corrected chi connectivity index (χ0v) is 16.4. The van der Waals surface area contributed by atoms with E-state index in [-0.39, 0.29) is 18.2 Å². The Morgan fingerprint density at radius 1 is 1.19 bits per heavy atom. The molecular weight excluding hydrogens is 384 g/mol. The molecular formula is C20H17ClN2O3S. The van der Waals surface area contributed by atoms with Crippen LogP contribution in [0.3, 0.4) is 0 Å². The number of imide groups is 1. The number of thioether (sulfide) groups is 1. The Bertz CT molecular complexity index is 979. The Morgan fingerprint density at radius 2 is 1.93 bits per heavy atom. The number of carbonyl (C=O) groups excluding carboxylic acids is 3. The predicted octanol–water partition coefficient (Wildman–Crippen LogP) is 3.94. The number of carbonyl (C=O) groups is 3. The average molecular weight is 401 g/mol. The molecule has 5 nitrogen and oxygen atoms in total. The normalized spacial score (nSPS) is 24.0. The third-order valence-electron chi connectivity index (χ3n) is 4.85. The second-order valence-electron chi connectivity index (χ2n) is 6.46. The van der Waals surface area contributed by atoms with E-state index in [1.54, 1.807) is 50.2 Å². The number of para-hydroxylation sites is 1. The maximum atomic E-state index is 13.6. The van der Waals surface area contributed by atoms with Crippen LogP contribution in [0.15, 0.2) is 48.5 Å². The Balaban J connectivity index is 1.98. The summed E-state index contributed by atoms with van der Waals surface area (Å²) >= 11 is 7.41. The molecule has 1 spiro atoms. The van der Waals surface area contributed by atoms with Gasteiger partial charge < -0.3 is 0 Å². The number of benzene rings is 2. The third-order valence-corrected chi connectivity index (χ3v) is 6.56. The zero-order chi connectivity index (χ0) is 19.3. The van der Waals surface area contributed by atoms with Crippen molar-refractivity contribution in [1.29, 1.82) is 0 Å². The number of hydrogen-bond acceptors (Lipinski definition) is 4. The van der Waals surface area contributed by atoms with Crippen molar-refractivity contribution in [3.05, 3.63) is 59.1 Å². The number of halogens is 1. The first-order chi connectivity index (χ1) is 12.9. The molecule has 3 amide bonds. The van der Waals surface area contributed by atoms with Crippen LogP contribution >= 0.6 is 23.4 Å². The van der Waals surface area contributed by atoms with Gasteiger partial charge in [-0.1, -0.05) is 42.8 Å². The largest absolute Gasteiger partial charge is 0.283 e. The van der Waals surface area contributed by atoms with Crippen molar-refractivity contribution in [3.8, 4) is 0 Å². The van der Waals surface area contributed by atoms with Crippen molar-refractivity contribution in [2.24, 2.45) is 0 Å². The molecule has 27 heavy (non-hydrogen) atoms. The van der Waals surface area contributed by atoms with Gasteiger partial charge in [0.05, 0.1) is 10.9 Å². The van der Waals surface area contributed by atoms with Crippen molar-refractivity contribution < 1.29 is 14.4 Å². The molecule has 0 N–H and O–H groups in total. The molecule has 7 heteroatoms.